The molecule has 0 amide bonds. The SMILES string of the molecule is O=C(O)COc1noc(-c2cccs2)c1CBr. The molecule has 0 radical (unpaired) electrons. The molecule has 0 aromatic carbocycles. The first-order valence-corrected chi connectivity index (χ1v) is 6.65. The minimum atomic E-state index is -1.05. The average molecular weight is 318 g/mol. The van der Waals surface area contributed by atoms with Gasteiger partial charge in [-0.1, -0.05) is 22.0 Å². The molecule has 17 heavy (non-hydrogen) atoms. The van der Waals surface area contributed by atoms with E-state index < -0.39 is 12.6 Å². The Balaban J connectivity index is 2.27. The lowest BCUT2D eigenvalue weighted by Crippen LogP contribution is -2.10. The molecule has 0 saturated heterocycles. The van der Waals surface area contributed by atoms with Gasteiger partial charge < -0.3 is 14.4 Å². The highest BCUT2D eigenvalue weighted by Crippen LogP contribution is 2.34. The molecule has 2 rings (SSSR count). The molecule has 1 N–H and O–H groups in total. The van der Waals surface area contributed by atoms with Gasteiger partial charge in [0.1, 0.15) is 0 Å². The van der Waals surface area contributed by atoms with E-state index in [0.717, 1.165) is 4.88 Å². The van der Waals surface area contributed by atoms with Crippen molar-refractivity contribution >= 4 is 33.2 Å². The van der Waals surface area contributed by atoms with Crippen molar-refractivity contribution in [2.24, 2.45) is 0 Å². The van der Waals surface area contributed by atoms with E-state index >= 15 is 0 Å². The van der Waals surface area contributed by atoms with E-state index in [1.165, 1.54) is 11.3 Å². The van der Waals surface area contributed by atoms with Gasteiger partial charge in [0.2, 0.25) is 0 Å². The van der Waals surface area contributed by atoms with Crippen molar-refractivity contribution < 1.29 is 19.2 Å². The smallest absolute Gasteiger partial charge is 0.341 e. The zero-order valence-electron chi connectivity index (χ0n) is 8.55. The Hall–Kier alpha value is -1.34. The normalized spacial score (nSPS) is 10.4. The topological polar surface area (TPSA) is 72.6 Å². The third-order valence-corrected chi connectivity index (χ3v) is 3.39. The summed E-state index contributed by atoms with van der Waals surface area (Å²) in [6.45, 7) is -0.434. The third kappa shape index (κ3) is 2.67. The molecule has 0 aliphatic heterocycles. The number of carboxylic acid groups (broad SMARTS) is 1. The molecule has 0 saturated carbocycles. The summed E-state index contributed by atoms with van der Waals surface area (Å²) in [5.74, 6) is -0.226. The van der Waals surface area contributed by atoms with Crippen molar-refractivity contribution in [3.63, 3.8) is 0 Å². The van der Waals surface area contributed by atoms with Gasteiger partial charge >= 0.3 is 5.97 Å². The lowest BCUT2D eigenvalue weighted by molar-refractivity contribution is -0.139. The summed E-state index contributed by atoms with van der Waals surface area (Å²) in [7, 11) is 0. The van der Waals surface area contributed by atoms with E-state index in [1.54, 1.807) is 0 Å². The fraction of sp³-hybridized carbons (Fsp3) is 0.200. The van der Waals surface area contributed by atoms with Crippen LogP contribution in [0.5, 0.6) is 5.88 Å². The van der Waals surface area contributed by atoms with Gasteiger partial charge in [-0.25, -0.2) is 4.79 Å². The molecule has 2 aromatic rings. The van der Waals surface area contributed by atoms with Crippen molar-refractivity contribution in [3.05, 3.63) is 23.1 Å². The van der Waals surface area contributed by atoms with Gasteiger partial charge in [0.15, 0.2) is 12.4 Å². The number of aromatic nitrogens is 1. The largest absolute Gasteiger partial charge is 0.479 e. The van der Waals surface area contributed by atoms with Gasteiger partial charge in [-0.05, 0) is 16.6 Å². The van der Waals surface area contributed by atoms with Gasteiger partial charge in [0, 0.05) is 5.33 Å². The van der Waals surface area contributed by atoms with Crippen molar-refractivity contribution in [3.8, 4) is 16.5 Å². The van der Waals surface area contributed by atoms with Crippen molar-refractivity contribution in [1.29, 1.82) is 0 Å². The monoisotopic (exact) mass is 317 g/mol. The lowest BCUT2D eigenvalue weighted by Gasteiger charge is -1.99. The first kappa shape index (κ1) is 12.1. The van der Waals surface area contributed by atoms with Gasteiger partial charge in [0.05, 0.1) is 10.4 Å². The molecule has 0 unspecified atom stereocenters. The van der Waals surface area contributed by atoms with E-state index in [-0.39, 0.29) is 5.88 Å². The van der Waals surface area contributed by atoms with Crippen LogP contribution in [-0.2, 0) is 10.1 Å². The van der Waals surface area contributed by atoms with Crippen LogP contribution in [0.25, 0.3) is 10.6 Å². The quantitative estimate of drug-likeness (QED) is 0.858. The highest BCUT2D eigenvalue weighted by atomic mass is 79.9. The first-order chi connectivity index (χ1) is 8.22. The fourth-order valence-corrected chi connectivity index (χ4v) is 2.48. The molecule has 0 atom stereocenters. The number of alkyl halides is 1. The minimum Gasteiger partial charge on any atom is -0.479 e. The maximum absolute atomic E-state index is 10.4. The summed E-state index contributed by atoms with van der Waals surface area (Å²) in [6, 6.07) is 3.80. The number of hydrogen-bond acceptors (Lipinski definition) is 5. The van der Waals surface area contributed by atoms with Gasteiger partial charge in [0.25, 0.3) is 5.88 Å². The summed E-state index contributed by atoms with van der Waals surface area (Å²) in [4.78, 5) is 11.3. The Morgan fingerprint density at radius 1 is 1.65 bits per heavy atom. The maximum Gasteiger partial charge on any atom is 0.341 e. The Kier molecular flexibility index (Phi) is 3.80. The second-order valence-electron chi connectivity index (χ2n) is 3.09. The standard InChI is InChI=1S/C10H8BrNO4S/c11-4-6-9(7-2-1-3-17-7)16-12-10(6)15-5-8(13)14/h1-3H,4-5H2,(H,13,14). The second kappa shape index (κ2) is 5.33. The predicted molar refractivity (Wildman–Crippen MR) is 65.6 cm³/mol. The highest BCUT2D eigenvalue weighted by molar-refractivity contribution is 9.08. The zero-order valence-corrected chi connectivity index (χ0v) is 11.0. The molecule has 2 heterocycles. The lowest BCUT2D eigenvalue weighted by atomic mass is 10.2. The van der Waals surface area contributed by atoms with E-state index in [1.807, 2.05) is 17.5 Å². The minimum absolute atomic E-state index is 0.215. The number of carbonyl (C=O) groups is 1. The molecular formula is C10H8BrNO4S. The number of carboxylic acids is 1. The molecule has 5 nitrogen and oxygen atoms in total. The number of hydrogen-bond donors (Lipinski definition) is 1. The molecule has 90 valence electrons. The van der Waals surface area contributed by atoms with Crippen LogP contribution in [0.15, 0.2) is 22.0 Å². The Bertz CT molecular complexity index is 508. The number of aliphatic carboxylic acids is 1. The van der Waals surface area contributed by atoms with Crippen LogP contribution in [0.2, 0.25) is 0 Å². The van der Waals surface area contributed by atoms with Crippen LogP contribution in [0, 0.1) is 0 Å². The molecular weight excluding hydrogens is 310 g/mol. The predicted octanol–water partition coefficient (Wildman–Crippen LogP) is 2.76. The molecule has 0 aliphatic carbocycles. The van der Waals surface area contributed by atoms with Crippen LogP contribution in [0.3, 0.4) is 0 Å². The number of halogens is 1. The van der Waals surface area contributed by atoms with Crippen molar-refractivity contribution in [2.45, 2.75) is 5.33 Å². The Labute approximate surface area is 109 Å². The van der Waals surface area contributed by atoms with E-state index in [4.69, 9.17) is 14.4 Å². The summed E-state index contributed by atoms with van der Waals surface area (Å²) in [5, 5.41) is 14.7. The van der Waals surface area contributed by atoms with Crippen LogP contribution >= 0.6 is 27.3 Å². The number of rotatable bonds is 5. The Morgan fingerprint density at radius 3 is 3.06 bits per heavy atom. The summed E-state index contributed by atoms with van der Waals surface area (Å²) < 4.78 is 10.2. The molecule has 0 fully saturated rings. The van der Waals surface area contributed by atoms with Crippen molar-refractivity contribution in [2.75, 3.05) is 6.61 Å². The molecule has 0 aliphatic rings. The van der Waals surface area contributed by atoms with Crippen LogP contribution < -0.4 is 4.74 Å². The maximum atomic E-state index is 10.4. The molecule has 7 heteroatoms. The number of thiophene rings is 1. The number of nitrogens with zero attached hydrogens (tertiary/aromatic N) is 1. The summed E-state index contributed by atoms with van der Waals surface area (Å²) in [6.07, 6.45) is 0. The van der Waals surface area contributed by atoms with Crippen LogP contribution in [0.1, 0.15) is 5.56 Å². The molecule has 0 bridgehead atoms. The Morgan fingerprint density at radius 2 is 2.47 bits per heavy atom. The second-order valence-corrected chi connectivity index (χ2v) is 4.60. The van der Waals surface area contributed by atoms with Gasteiger partial charge in [-0.3, -0.25) is 0 Å². The van der Waals surface area contributed by atoms with E-state index in [0.29, 0.717) is 16.7 Å². The zero-order chi connectivity index (χ0) is 12.3. The first-order valence-electron chi connectivity index (χ1n) is 4.65. The summed E-state index contributed by atoms with van der Waals surface area (Å²) in [5.41, 5.74) is 0.716. The molecule has 2 aromatic heterocycles. The fourth-order valence-electron chi connectivity index (χ4n) is 1.26. The molecule has 0 spiro atoms. The summed E-state index contributed by atoms with van der Waals surface area (Å²) >= 11 is 4.82. The van der Waals surface area contributed by atoms with E-state index in [9.17, 15) is 4.79 Å². The number of ether oxygens (including phenoxy) is 1. The van der Waals surface area contributed by atoms with Crippen LogP contribution in [0.4, 0.5) is 0 Å². The highest BCUT2D eigenvalue weighted by Gasteiger charge is 2.19. The average Bonchev–Trinajstić information content (AvgIpc) is 2.94. The van der Waals surface area contributed by atoms with Crippen molar-refractivity contribution in [1.82, 2.24) is 5.16 Å². The van der Waals surface area contributed by atoms with Gasteiger partial charge in [-0.15, -0.1) is 11.3 Å². The van der Waals surface area contributed by atoms with Crippen LogP contribution in [-0.4, -0.2) is 22.8 Å². The third-order valence-electron chi connectivity index (χ3n) is 1.96. The van der Waals surface area contributed by atoms with Gasteiger partial charge in [-0.2, -0.15) is 0 Å². The van der Waals surface area contributed by atoms with E-state index in [2.05, 4.69) is 21.1 Å².